The van der Waals surface area contributed by atoms with Crippen LogP contribution in [0.5, 0.6) is 0 Å². The highest BCUT2D eigenvalue weighted by atomic mass is 35.5. The number of nitrogens with one attached hydrogen (secondary N) is 1. The Morgan fingerprint density at radius 3 is 2.09 bits per heavy atom. The third-order valence-electron chi connectivity index (χ3n) is 4.76. The quantitative estimate of drug-likeness (QED) is 0.782. The van der Waals surface area contributed by atoms with Gasteiger partial charge in [0, 0.05) is 12.6 Å². The monoisotopic (exact) mass is 369 g/mol. The minimum absolute atomic E-state index is 0. The van der Waals surface area contributed by atoms with Crippen LogP contribution in [-0.4, -0.2) is 42.5 Å². The summed E-state index contributed by atoms with van der Waals surface area (Å²) in [6, 6.07) is -0.0414. The largest absolute Gasteiger partial charge is 0.353 e. The topological polar surface area (TPSA) is 58.4 Å². The van der Waals surface area contributed by atoms with Gasteiger partial charge in [-0.3, -0.25) is 9.69 Å². The fraction of sp³-hybridized carbons (Fsp3) is 0.941. The van der Waals surface area contributed by atoms with Crippen molar-refractivity contribution in [2.75, 3.05) is 19.6 Å². The van der Waals surface area contributed by atoms with Crippen LogP contribution in [0.2, 0.25) is 0 Å². The van der Waals surface area contributed by atoms with Crippen LogP contribution in [-0.2, 0) is 4.79 Å². The second kappa shape index (κ2) is 10.8. The van der Waals surface area contributed by atoms with E-state index in [1.54, 1.807) is 0 Å². The Bertz CT molecular complexity index is 337. The lowest BCUT2D eigenvalue weighted by Crippen LogP contribution is -2.54. The van der Waals surface area contributed by atoms with Crippen molar-refractivity contribution >= 4 is 30.7 Å². The molecule has 0 saturated carbocycles. The predicted octanol–water partition coefficient (Wildman–Crippen LogP) is 3.08. The number of rotatable bonds is 5. The van der Waals surface area contributed by atoms with E-state index in [1.807, 2.05) is 20.8 Å². The van der Waals surface area contributed by atoms with Crippen LogP contribution >= 0.6 is 24.8 Å². The van der Waals surface area contributed by atoms with Crippen molar-refractivity contribution in [1.29, 1.82) is 0 Å². The number of likely N-dealkylation sites (tertiary alicyclic amines) is 1. The van der Waals surface area contributed by atoms with Gasteiger partial charge in [0.15, 0.2) is 0 Å². The molecule has 1 rings (SSSR count). The van der Waals surface area contributed by atoms with Gasteiger partial charge in [-0.15, -0.1) is 24.8 Å². The van der Waals surface area contributed by atoms with Crippen molar-refractivity contribution < 1.29 is 4.79 Å². The van der Waals surface area contributed by atoms with E-state index in [-0.39, 0.29) is 36.1 Å². The fourth-order valence-electron chi connectivity index (χ4n) is 2.86. The summed E-state index contributed by atoms with van der Waals surface area (Å²) >= 11 is 0. The smallest absolute Gasteiger partial charge is 0.237 e. The van der Waals surface area contributed by atoms with Gasteiger partial charge in [-0.1, -0.05) is 41.5 Å². The standard InChI is InChI=1S/C17H35N3O.2ClH/c1-12(2)14(20-9-7-13(3)8-10-20)11-19-16(21)15(18)17(4,5)6;;/h12-15H,7-11,18H2,1-6H3,(H,19,21);2*1H/t14?,15-;;/m1../s1. The van der Waals surface area contributed by atoms with Crippen molar-refractivity contribution in [2.45, 2.75) is 66.5 Å². The van der Waals surface area contributed by atoms with Crippen LogP contribution in [0.3, 0.4) is 0 Å². The van der Waals surface area contributed by atoms with Crippen molar-refractivity contribution in [1.82, 2.24) is 10.2 Å². The summed E-state index contributed by atoms with van der Waals surface area (Å²) in [6.45, 7) is 15.8. The molecule has 1 amide bonds. The minimum atomic E-state index is -0.452. The molecule has 4 nitrogen and oxygen atoms in total. The van der Waals surface area contributed by atoms with Crippen LogP contribution in [0.4, 0.5) is 0 Å². The first kappa shape index (κ1) is 25.2. The Morgan fingerprint density at radius 2 is 1.70 bits per heavy atom. The number of carbonyl (C=O) groups is 1. The number of hydrogen-bond acceptors (Lipinski definition) is 3. The van der Waals surface area contributed by atoms with Gasteiger partial charge < -0.3 is 11.1 Å². The van der Waals surface area contributed by atoms with Gasteiger partial charge in [0.25, 0.3) is 0 Å². The lowest BCUT2D eigenvalue weighted by Gasteiger charge is -2.39. The molecule has 140 valence electrons. The first-order chi connectivity index (χ1) is 9.62. The molecule has 23 heavy (non-hydrogen) atoms. The zero-order valence-corrected chi connectivity index (χ0v) is 17.2. The molecule has 0 spiro atoms. The van der Waals surface area contributed by atoms with Crippen LogP contribution in [0.1, 0.15) is 54.4 Å². The van der Waals surface area contributed by atoms with Gasteiger partial charge >= 0.3 is 0 Å². The molecule has 0 aliphatic carbocycles. The maximum Gasteiger partial charge on any atom is 0.237 e. The summed E-state index contributed by atoms with van der Waals surface area (Å²) in [5.41, 5.74) is 5.83. The summed E-state index contributed by atoms with van der Waals surface area (Å²) < 4.78 is 0. The lowest BCUT2D eigenvalue weighted by atomic mass is 9.87. The van der Waals surface area contributed by atoms with E-state index in [0.29, 0.717) is 18.5 Å². The van der Waals surface area contributed by atoms with E-state index in [1.165, 1.54) is 12.8 Å². The highest BCUT2D eigenvalue weighted by Gasteiger charge is 2.30. The minimum Gasteiger partial charge on any atom is -0.353 e. The summed E-state index contributed by atoms with van der Waals surface area (Å²) in [7, 11) is 0. The van der Waals surface area contributed by atoms with Gasteiger partial charge in [0.1, 0.15) is 0 Å². The summed E-state index contributed by atoms with van der Waals surface area (Å²) in [4.78, 5) is 14.7. The number of carbonyl (C=O) groups excluding carboxylic acids is 1. The average Bonchev–Trinajstić information content (AvgIpc) is 2.38. The lowest BCUT2D eigenvalue weighted by molar-refractivity contribution is -0.124. The maximum atomic E-state index is 12.2. The highest BCUT2D eigenvalue weighted by molar-refractivity contribution is 5.85. The van der Waals surface area contributed by atoms with E-state index in [9.17, 15) is 4.79 Å². The molecule has 1 aliphatic heterocycles. The van der Waals surface area contributed by atoms with Gasteiger partial charge in [0.2, 0.25) is 5.91 Å². The number of amides is 1. The molecule has 0 aromatic carbocycles. The van der Waals surface area contributed by atoms with Gasteiger partial charge in [-0.25, -0.2) is 0 Å². The molecule has 0 bridgehead atoms. The molecule has 2 atom stereocenters. The molecular formula is C17H37Cl2N3O. The number of nitrogens with two attached hydrogens (primary N) is 1. The Hall–Kier alpha value is -0.0300. The van der Waals surface area contributed by atoms with Crippen LogP contribution < -0.4 is 11.1 Å². The van der Waals surface area contributed by atoms with Crippen molar-refractivity contribution in [3.63, 3.8) is 0 Å². The van der Waals surface area contributed by atoms with E-state index in [4.69, 9.17) is 5.73 Å². The Labute approximate surface area is 155 Å². The normalized spacial score (nSPS) is 19.5. The third kappa shape index (κ3) is 8.06. The molecular weight excluding hydrogens is 333 g/mol. The van der Waals surface area contributed by atoms with Crippen LogP contribution in [0.15, 0.2) is 0 Å². The SMILES string of the molecule is CC1CCN(C(CNC(=O)[C@@H](N)C(C)(C)C)C(C)C)CC1.Cl.Cl. The van der Waals surface area contributed by atoms with Crippen LogP contribution in [0, 0.1) is 17.3 Å². The van der Waals surface area contributed by atoms with Gasteiger partial charge in [-0.05, 0) is 43.2 Å². The summed E-state index contributed by atoms with van der Waals surface area (Å²) in [6.07, 6.45) is 2.53. The number of halogens is 2. The second-order valence-electron chi connectivity index (χ2n) is 8.12. The zero-order chi connectivity index (χ0) is 16.2. The molecule has 1 saturated heterocycles. The fourth-order valence-corrected chi connectivity index (χ4v) is 2.86. The maximum absolute atomic E-state index is 12.2. The van der Waals surface area contributed by atoms with E-state index >= 15 is 0 Å². The summed E-state index contributed by atoms with van der Waals surface area (Å²) in [5.74, 6) is 1.33. The molecule has 1 fully saturated rings. The van der Waals surface area contributed by atoms with Crippen molar-refractivity contribution in [3.8, 4) is 0 Å². The number of piperidine rings is 1. The molecule has 3 N–H and O–H groups in total. The molecule has 0 radical (unpaired) electrons. The Kier molecular flexibility index (Phi) is 11.8. The second-order valence-corrected chi connectivity index (χ2v) is 8.12. The first-order valence-electron chi connectivity index (χ1n) is 8.40. The average molecular weight is 370 g/mol. The summed E-state index contributed by atoms with van der Waals surface area (Å²) in [5, 5.41) is 3.07. The molecule has 1 heterocycles. The van der Waals surface area contributed by atoms with E-state index in [0.717, 1.165) is 19.0 Å². The molecule has 6 heteroatoms. The molecule has 0 aromatic rings. The van der Waals surface area contributed by atoms with Gasteiger partial charge in [0.05, 0.1) is 6.04 Å². The van der Waals surface area contributed by atoms with Crippen molar-refractivity contribution in [3.05, 3.63) is 0 Å². The van der Waals surface area contributed by atoms with Crippen LogP contribution in [0.25, 0.3) is 0 Å². The van der Waals surface area contributed by atoms with E-state index < -0.39 is 6.04 Å². The Balaban J connectivity index is 0. The van der Waals surface area contributed by atoms with Gasteiger partial charge in [-0.2, -0.15) is 0 Å². The number of hydrogen-bond donors (Lipinski definition) is 2. The zero-order valence-electron chi connectivity index (χ0n) is 15.6. The third-order valence-corrected chi connectivity index (χ3v) is 4.76. The van der Waals surface area contributed by atoms with E-state index in [2.05, 4.69) is 31.0 Å². The predicted molar refractivity (Wildman–Crippen MR) is 104 cm³/mol. The molecule has 1 aliphatic rings. The highest BCUT2D eigenvalue weighted by Crippen LogP contribution is 2.21. The molecule has 1 unspecified atom stereocenters. The van der Waals surface area contributed by atoms with Crippen molar-refractivity contribution in [2.24, 2.45) is 23.0 Å². The molecule has 0 aromatic heterocycles. The Morgan fingerprint density at radius 1 is 1.22 bits per heavy atom. The first-order valence-corrected chi connectivity index (χ1v) is 8.40. The number of nitrogens with zero attached hydrogens (tertiary/aromatic N) is 1.